The summed E-state index contributed by atoms with van der Waals surface area (Å²) in [4.78, 5) is 16.5. The van der Waals surface area contributed by atoms with Gasteiger partial charge in [-0.2, -0.15) is 0 Å². The lowest BCUT2D eigenvalue weighted by molar-refractivity contribution is 0.0953. The van der Waals surface area contributed by atoms with E-state index < -0.39 is 10.0 Å². The van der Waals surface area contributed by atoms with E-state index in [2.05, 4.69) is 21.9 Å². The summed E-state index contributed by atoms with van der Waals surface area (Å²) >= 11 is 0. The van der Waals surface area contributed by atoms with Crippen molar-refractivity contribution >= 4 is 32.5 Å². The fraction of sp³-hybridized carbons (Fsp3) is 0.238. The summed E-state index contributed by atoms with van der Waals surface area (Å²) in [6, 6.07) is 14.9. The molecule has 2 N–H and O–H groups in total. The number of unbranched alkanes of at least 4 members (excludes halogenated alkanes) is 2. The van der Waals surface area contributed by atoms with E-state index in [4.69, 9.17) is 0 Å². The molecule has 1 heterocycles. The number of sulfonamides is 1. The molecule has 7 heteroatoms. The molecule has 0 radical (unpaired) electrons. The molecule has 2 aromatic carbocycles. The van der Waals surface area contributed by atoms with Crippen LogP contribution < -0.4 is 10.0 Å². The van der Waals surface area contributed by atoms with Crippen LogP contribution in [0.15, 0.2) is 65.7 Å². The quantitative estimate of drug-likeness (QED) is 0.563. The van der Waals surface area contributed by atoms with Crippen molar-refractivity contribution in [2.24, 2.45) is 0 Å². The minimum Gasteiger partial charge on any atom is -0.352 e. The number of carbonyl (C=O) groups excluding carboxylic acids is 1. The highest BCUT2D eigenvalue weighted by atomic mass is 32.2. The Morgan fingerprint density at radius 2 is 1.75 bits per heavy atom. The Morgan fingerprint density at radius 1 is 1.00 bits per heavy atom. The van der Waals surface area contributed by atoms with Gasteiger partial charge in [-0.3, -0.25) is 14.5 Å². The fourth-order valence-electron chi connectivity index (χ4n) is 2.85. The van der Waals surface area contributed by atoms with Crippen LogP contribution >= 0.6 is 0 Å². The lowest BCUT2D eigenvalue weighted by atomic mass is 10.2. The molecule has 1 aromatic heterocycles. The first-order valence-corrected chi connectivity index (χ1v) is 10.7. The van der Waals surface area contributed by atoms with Crippen molar-refractivity contribution in [2.75, 3.05) is 11.3 Å². The molecule has 0 fully saturated rings. The lowest BCUT2D eigenvalue weighted by Crippen LogP contribution is -2.24. The predicted octanol–water partition coefficient (Wildman–Crippen LogP) is 3.96. The van der Waals surface area contributed by atoms with E-state index in [0.717, 1.165) is 24.6 Å². The molecule has 28 heavy (non-hydrogen) atoms. The largest absolute Gasteiger partial charge is 0.352 e. The standard InChI is InChI=1S/C21H23N3O3S/c1-2-3-4-14-23-21(25)17-10-12-18(13-11-17)28(26,27)24-19-9-5-7-16-8-6-15-22-20(16)19/h5-13,15,24H,2-4,14H2,1H3,(H,23,25). The molecule has 3 rings (SSSR count). The molecule has 0 aliphatic heterocycles. The first-order chi connectivity index (χ1) is 13.5. The van der Waals surface area contributed by atoms with Gasteiger partial charge in [0.05, 0.1) is 16.1 Å². The Hall–Kier alpha value is -2.93. The van der Waals surface area contributed by atoms with Crippen LogP contribution in [0.2, 0.25) is 0 Å². The second-order valence-corrected chi connectivity index (χ2v) is 8.16. The van der Waals surface area contributed by atoms with Crippen molar-refractivity contribution in [1.29, 1.82) is 0 Å². The van der Waals surface area contributed by atoms with Gasteiger partial charge in [0.1, 0.15) is 0 Å². The molecule has 6 nitrogen and oxygen atoms in total. The number of rotatable bonds is 8. The zero-order valence-corrected chi connectivity index (χ0v) is 16.5. The zero-order chi connectivity index (χ0) is 20.0. The third-order valence-corrected chi connectivity index (χ3v) is 5.75. The van der Waals surface area contributed by atoms with Gasteiger partial charge in [0, 0.05) is 23.7 Å². The number of amides is 1. The highest BCUT2D eigenvalue weighted by Crippen LogP contribution is 2.24. The molecule has 0 saturated carbocycles. The normalized spacial score (nSPS) is 11.3. The number of nitrogens with one attached hydrogen (secondary N) is 2. The van der Waals surface area contributed by atoms with E-state index in [1.807, 2.05) is 12.1 Å². The van der Waals surface area contributed by atoms with E-state index in [1.165, 1.54) is 24.3 Å². The Labute approximate surface area is 165 Å². The summed E-state index contributed by atoms with van der Waals surface area (Å²) in [7, 11) is -3.79. The Morgan fingerprint density at radius 3 is 2.50 bits per heavy atom. The third-order valence-electron chi connectivity index (χ3n) is 4.37. The first-order valence-electron chi connectivity index (χ1n) is 9.26. The van der Waals surface area contributed by atoms with Crippen LogP contribution in [0, 0.1) is 0 Å². The highest BCUT2D eigenvalue weighted by molar-refractivity contribution is 7.92. The van der Waals surface area contributed by atoms with Gasteiger partial charge in [-0.15, -0.1) is 0 Å². The van der Waals surface area contributed by atoms with E-state index in [-0.39, 0.29) is 10.8 Å². The highest BCUT2D eigenvalue weighted by Gasteiger charge is 2.16. The van der Waals surface area contributed by atoms with E-state index in [9.17, 15) is 13.2 Å². The summed E-state index contributed by atoms with van der Waals surface area (Å²) in [6.45, 7) is 2.71. The van der Waals surface area contributed by atoms with Gasteiger partial charge in [0.2, 0.25) is 0 Å². The molecule has 0 unspecified atom stereocenters. The molecule has 0 atom stereocenters. The number of hydrogen-bond donors (Lipinski definition) is 2. The van der Waals surface area contributed by atoms with Crippen molar-refractivity contribution in [3.63, 3.8) is 0 Å². The third kappa shape index (κ3) is 4.67. The maximum atomic E-state index is 12.7. The topological polar surface area (TPSA) is 88.2 Å². The second-order valence-electron chi connectivity index (χ2n) is 6.47. The van der Waals surface area contributed by atoms with Crippen molar-refractivity contribution in [1.82, 2.24) is 10.3 Å². The van der Waals surface area contributed by atoms with Crippen molar-refractivity contribution in [2.45, 2.75) is 31.1 Å². The predicted molar refractivity (Wildman–Crippen MR) is 111 cm³/mol. The number of nitrogens with zero attached hydrogens (tertiary/aromatic N) is 1. The average Bonchev–Trinajstić information content (AvgIpc) is 2.71. The summed E-state index contributed by atoms with van der Waals surface area (Å²) in [5.41, 5.74) is 1.43. The number of hydrogen-bond acceptors (Lipinski definition) is 4. The van der Waals surface area contributed by atoms with Crippen LogP contribution in [0.4, 0.5) is 5.69 Å². The minimum atomic E-state index is -3.79. The van der Waals surface area contributed by atoms with Crippen LogP contribution in [0.5, 0.6) is 0 Å². The van der Waals surface area contributed by atoms with Crippen LogP contribution in [0.3, 0.4) is 0 Å². The summed E-state index contributed by atoms with van der Waals surface area (Å²) < 4.78 is 28.0. The number of aromatic nitrogens is 1. The Bertz CT molecular complexity index is 1060. The van der Waals surface area contributed by atoms with Crippen molar-refractivity contribution in [3.05, 3.63) is 66.4 Å². The van der Waals surface area contributed by atoms with Gasteiger partial charge in [-0.25, -0.2) is 8.42 Å². The van der Waals surface area contributed by atoms with Gasteiger partial charge in [0.25, 0.3) is 15.9 Å². The van der Waals surface area contributed by atoms with Gasteiger partial charge in [0.15, 0.2) is 0 Å². The van der Waals surface area contributed by atoms with Crippen molar-refractivity contribution in [3.8, 4) is 0 Å². The van der Waals surface area contributed by atoms with E-state index in [1.54, 1.807) is 24.4 Å². The SMILES string of the molecule is CCCCCNC(=O)c1ccc(S(=O)(=O)Nc2cccc3cccnc23)cc1. The van der Waals surface area contributed by atoms with Crippen LogP contribution in [0.1, 0.15) is 36.5 Å². The summed E-state index contributed by atoms with van der Waals surface area (Å²) in [6.07, 6.45) is 4.69. The van der Waals surface area contributed by atoms with Gasteiger partial charge in [-0.1, -0.05) is 38.0 Å². The molecule has 146 valence electrons. The molecular formula is C21H23N3O3S. The maximum absolute atomic E-state index is 12.7. The summed E-state index contributed by atoms with van der Waals surface area (Å²) in [5, 5.41) is 3.68. The van der Waals surface area contributed by atoms with Crippen molar-refractivity contribution < 1.29 is 13.2 Å². The Balaban J connectivity index is 1.74. The molecule has 0 aliphatic carbocycles. The second kappa shape index (κ2) is 8.84. The minimum absolute atomic E-state index is 0.0861. The zero-order valence-electron chi connectivity index (χ0n) is 15.7. The molecule has 0 bridgehead atoms. The molecule has 0 saturated heterocycles. The first kappa shape index (κ1) is 19.8. The lowest BCUT2D eigenvalue weighted by Gasteiger charge is -2.11. The molecule has 3 aromatic rings. The van der Waals surface area contributed by atoms with Crippen LogP contribution in [-0.2, 0) is 10.0 Å². The average molecular weight is 398 g/mol. The summed E-state index contributed by atoms with van der Waals surface area (Å²) in [5.74, 6) is -0.203. The van der Waals surface area contributed by atoms with Gasteiger partial charge >= 0.3 is 0 Å². The number of anilines is 1. The van der Waals surface area contributed by atoms with Crippen LogP contribution in [0.25, 0.3) is 10.9 Å². The molecule has 1 amide bonds. The number of pyridine rings is 1. The number of para-hydroxylation sites is 1. The van der Waals surface area contributed by atoms with Crippen LogP contribution in [-0.4, -0.2) is 25.9 Å². The van der Waals surface area contributed by atoms with Gasteiger partial charge in [-0.05, 0) is 42.8 Å². The molecular weight excluding hydrogens is 374 g/mol. The Kier molecular flexibility index (Phi) is 6.26. The number of carbonyl (C=O) groups is 1. The number of benzene rings is 2. The van der Waals surface area contributed by atoms with E-state index >= 15 is 0 Å². The maximum Gasteiger partial charge on any atom is 0.261 e. The number of fused-ring (bicyclic) bond motifs is 1. The van der Waals surface area contributed by atoms with Gasteiger partial charge < -0.3 is 5.32 Å². The molecule has 0 spiro atoms. The fourth-order valence-corrected chi connectivity index (χ4v) is 3.92. The molecule has 0 aliphatic rings. The smallest absolute Gasteiger partial charge is 0.261 e. The monoisotopic (exact) mass is 397 g/mol. The van der Waals surface area contributed by atoms with E-state index in [0.29, 0.717) is 23.3 Å².